The highest BCUT2D eigenvalue weighted by atomic mass is 19.1. The normalized spacial score (nSPS) is 11.9. The van der Waals surface area contributed by atoms with Gasteiger partial charge in [0.15, 0.2) is 0 Å². The molecule has 0 saturated heterocycles. The van der Waals surface area contributed by atoms with Crippen LogP contribution >= 0.6 is 0 Å². The number of nitro groups is 1. The average molecular weight is 275 g/mol. The van der Waals surface area contributed by atoms with Gasteiger partial charge in [-0.25, -0.2) is 9.37 Å². The number of halogens is 1. The standard InChI is InChI=1S/C14H14FN3O2/c1-10(8-11-4-2-5-12(15)9-11)17-14-13(18(19)20)6-3-7-16-14/h2-7,9-10H,8H2,1H3,(H,16,17). The molecule has 0 bridgehead atoms. The Morgan fingerprint density at radius 1 is 1.40 bits per heavy atom. The van der Waals surface area contributed by atoms with Crippen LogP contribution in [0.3, 0.4) is 0 Å². The van der Waals surface area contributed by atoms with Crippen LogP contribution in [-0.4, -0.2) is 15.9 Å². The zero-order valence-electron chi connectivity index (χ0n) is 10.9. The van der Waals surface area contributed by atoms with Crippen molar-refractivity contribution < 1.29 is 9.31 Å². The number of hydrogen-bond donors (Lipinski definition) is 1. The molecular formula is C14H14FN3O2. The lowest BCUT2D eigenvalue weighted by atomic mass is 10.1. The molecule has 1 N–H and O–H groups in total. The van der Waals surface area contributed by atoms with Gasteiger partial charge in [0, 0.05) is 18.3 Å². The predicted molar refractivity (Wildman–Crippen MR) is 74.1 cm³/mol. The van der Waals surface area contributed by atoms with Crippen LogP contribution in [0.25, 0.3) is 0 Å². The third-order valence-corrected chi connectivity index (χ3v) is 2.80. The first-order valence-electron chi connectivity index (χ1n) is 6.16. The predicted octanol–water partition coefficient (Wildman–Crippen LogP) is 3.17. The van der Waals surface area contributed by atoms with Crippen LogP contribution in [0.2, 0.25) is 0 Å². The third kappa shape index (κ3) is 3.50. The lowest BCUT2D eigenvalue weighted by Crippen LogP contribution is -2.19. The van der Waals surface area contributed by atoms with Gasteiger partial charge in [0.25, 0.3) is 0 Å². The van der Waals surface area contributed by atoms with Gasteiger partial charge < -0.3 is 5.32 Å². The minimum atomic E-state index is -0.482. The molecule has 0 fully saturated rings. The summed E-state index contributed by atoms with van der Waals surface area (Å²) in [6, 6.07) is 9.08. The van der Waals surface area contributed by atoms with Gasteiger partial charge in [0.05, 0.1) is 4.92 Å². The van der Waals surface area contributed by atoms with E-state index in [1.165, 1.54) is 30.5 Å². The minimum Gasteiger partial charge on any atom is -0.362 e. The van der Waals surface area contributed by atoms with Crippen molar-refractivity contribution in [2.75, 3.05) is 5.32 Å². The Labute approximate surface area is 115 Å². The van der Waals surface area contributed by atoms with Gasteiger partial charge >= 0.3 is 5.69 Å². The molecule has 1 heterocycles. The maximum atomic E-state index is 13.1. The van der Waals surface area contributed by atoms with E-state index in [9.17, 15) is 14.5 Å². The summed E-state index contributed by atoms with van der Waals surface area (Å²) < 4.78 is 13.1. The second-order valence-electron chi connectivity index (χ2n) is 4.51. The second kappa shape index (κ2) is 6.10. The van der Waals surface area contributed by atoms with Crippen LogP contribution in [0.4, 0.5) is 15.9 Å². The minimum absolute atomic E-state index is 0.0707. The lowest BCUT2D eigenvalue weighted by Gasteiger charge is -2.14. The summed E-state index contributed by atoms with van der Waals surface area (Å²) in [4.78, 5) is 14.4. The molecule has 0 radical (unpaired) electrons. The molecule has 5 nitrogen and oxygen atoms in total. The van der Waals surface area contributed by atoms with Crippen molar-refractivity contribution in [2.45, 2.75) is 19.4 Å². The van der Waals surface area contributed by atoms with Crippen molar-refractivity contribution in [2.24, 2.45) is 0 Å². The van der Waals surface area contributed by atoms with Crippen molar-refractivity contribution in [3.05, 3.63) is 64.1 Å². The topological polar surface area (TPSA) is 68.1 Å². The molecule has 20 heavy (non-hydrogen) atoms. The van der Waals surface area contributed by atoms with Crippen molar-refractivity contribution in [3.63, 3.8) is 0 Å². The fourth-order valence-corrected chi connectivity index (χ4v) is 1.96. The maximum absolute atomic E-state index is 13.1. The van der Waals surface area contributed by atoms with E-state index in [1.807, 2.05) is 13.0 Å². The van der Waals surface area contributed by atoms with Gasteiger partial charge in [-0.2, -0.15) is 0 Å². The summed E-state index contributed by atoms with van der Waals surface area (Å²) in [5.74, 6) is -0.0695. The van der Waals surface area contributed by atoms with Crippen LogP contribution in [0, 0.1) is 15.9 Å². The maximum Gasteiger partial charge on any atom is 0.311 e. The molecule has 2 rings (SSSR count). The van der Waals surface area contributed by atoms with E-state index in [2.05, 4.69) is 10.3 Å². The summed E-state index contributed by atoms with van der Waals surface area (Å²) in [5.41, 5.74) is 0.752. The fourth-order valence-electron chi connectivity index (χ4n) is 1.96. The lowest BCUT2D eigenvalue weighted by molar-refractivity contribution is -0.384. The SMILES string of the molecule is CC(Cc1cccc(F)c1)Nc1ncccc1[N+](=O)[O-]. The van der Waals surface area contributed by atoms with Crippen molar-refractivity contribution in [3.8, 4) is 0 Å². The van der Waals surface area contributed by atoms with Crippen LogP contribution < -0.4 is 5.32 Å². The Balaban J connectivity index is 2.08. The molecule has 1 atom stereocenters. The molecule has 104 valence electrons. The molecule has 1 unspecified atom stereocenters. The van der Waals surface area contributed by atoms with E-state index in [0.29, 0.717) is 6.42 Å². The van der Waals surface area contributed by atoms with Crippen LogP contribution in [0.15, 0.2) is 42.6 Å². The molecule has 1 aromatic heterocycles. The van der Waals surface area contributed by atoms with Crippen molar-refractivity contribution in [1.29, 1.82) is 0 Å². The smallest absolute Gasteiger partial charge is 0.311 e. The van der Waals surface area contributed by atoms with Crippen molar-refractivity contribution >= 4 is 11.5 Å². The third-order valence-electron chi connectivity index (χ3n) is 2.80. The molecule has 0 saturated carbocycles. The first-order chi connectivity index (χ1) is 9.56. The molecule has 2 aromatic rings. The highest BCUT2D eigenvalue weighted by Gasteiger charge is 2.16. The number of aromatic nitrogens is 1. The van der Waals surface area contributed by atoms with Gasteiger partial charge in [-0.15, -0.1) is 0 Å². The first kappa shape index (κ1) is 13.9. The summed E-state index contributed by atoms with van der Waals surface area (Å²) >= 11 is 0. The quantitative estimate of drug-likeness (QED) is 0.672. The highest BCUT2D eigenvalue weighted by Crippen LogP contribution is 2.21. The van der Waals surface area contributed by atoms with Gasteiger partial charge in [-0.3, -0.25) is 10.1 Å². The monoisotopic (exact) mass is 275 g/mol. The van der Waals surface area contributed by atoms with Gasteiger partial charge in [-0.05, 0) is 37.1 Å². The Morgan fingerprint density at radius 3 is 2.90 bits per heavy atom. The van der Waals surface area contributed by atoms with E-state index in [-0.39, 0.29) is 23.4 Å². The largest absolute Gasteiger partial charge is 0.362 e. The summed E-state index contributed by atoms with van der Waals surface area (Å²) in [5, 5.41) is 13.9. The molecule has 0 aliphatic rings. The molecule has 6 heteroatoms. The van der Waals surface area contributed by atoms with Crippen LogP contribution in [0.1, 0.15) is 12.5 Å². The number of anilines is 1. The zero-order chi connectivity index (χ0) is 14.5. The number of benzene rings is 1. The Bertz CT molecular complexity index is 619. The second-order valence-corrected chi connectivity index (χ2v) is 4.51. The van der Waals surface area contributed by atoms with E-state index >= 15 is 0 Å². The molecule has 0 spiro atoms. The molecular weight excluding hydrogens is 261 g/mol. The number of nitrogens with one attached hydrogen (secondary N) is 1. The van der Waals surface area contributed by atoms with Crippen LogP contribution in [0.5, 0.6) is 0 Å². The molecule has 1 aromatic carbocycles. The van der Waals surface area contributed by atoms with Gasteiger partial charge in [-0.1, -0.05) is 12.1 Å². The van der Waals surface area contributed by atoms with E-state index < -0.39 is 4.92 Å². The highest BCUT2D eigenvalue weighted by molar-refractivity contribution is 5.55. The summed E-state index contributed by atoms with van der Waals surface area (Å²) in [7, 11) is 0. The summed E-state index contributed by atoms with van der Waals surface area (Å²) in [6.07, 6.45) is 2.04. The van der Waals surface area contributed by atoms with Crippen LogP contribution in [-0.2, 0) is 6.42 Å². The molecule has 0 amide bonds. The van der Waals surface area contributed by atoms with E-state index in [4.69, 9.17) is 0 Å². The number of rotatable bonds is 5. The summed E-state index contributed by atoms with van der Waals surface area (Å²) in [6.45, 7) is 1.86. The fraction of sp³-hybridized carbons (Fsp3) is 0.214. The van der Waals surface area contributed by atoms with Gasteiger partial charge in [0.2, 0.25) is 5.82 Å². The molecule has 0 aliphatic carbocycles. The Kier molecular flexibility index (Phi) is 4.24. The van der Waals surface area contributed by atoms with E-state index in [0.717, 1.165) is 5.56 Å². The molecule has 0 aliphatic heterocycles. The first-order valence-corrected chi connectivity index (χ1v) is 6.16. The van der Waals surface area contributed by atoms with Gasteiger partial charge in [0.1, 0.15) is 5.82 Å². The van der Waals surface area contributed by atoms with Crippen molar-refractivity contribution in [1.82, 2.24) is 4.98 Å². The zero-order valence-corrected chi connectivity index (χ0v) is 10.9. The number of nitrogens with zero attached hydrogens (tertiary/aromatic N) is 2. The number of pyridine rings is 1. The Hall–Kier alpha value is -2.50. The number of hydrogen-bond acceptors (Lipinski definition) is 4. The average Bonchev–Trinajstić information content (AvgIpc) is 2.38. The van der Waals surface area contributed by atoms with E-state index in [1.54, 1.807) is 6.07 Å². The Morgan fingerprint density at radius 2 is 2.20 bits per heavy atom.